The molecule has 0 aromatic carbocycles. The summed E-state index contributed by atoms with van der Waals surface area (Å²) in [4.78, 5) is 11.9. The number of Topliss-reactive ketones (excluding diaryl/α,β-unsaturated/α-hetero) is 1. The maximum absolute atomic E-state index is 11.9. The first-order chi connectivity index (χ1) is 8.97. The van der Waals surface area contributed by atoms with Crippen LogP contribution in [0, 0.1) is 18.8 Å². The molecule has 0 radical (unpaired) electrons. The molecule has 1 aliphatic rings. The highest BCUT2D eigenvalue weighted by atomic mass is 16.5. The number of ketones is 1. The van der Waals surface area contributed by atoms with Crippen LogP contribution in [0.25, 0.3) is 0 Å². The summed E-state index contributed by atoms with van der Waals surface area (Å²) in [5, 5.41) is 21.2. The average molecular weight is 263 g/mol. The highest BCUT2D eigenvalue weighted by Crippen LogP contribution is 2.31. The molecular weight excluding hydrogens is 246 g/mol. The molecule has 1 aromatic rings. The molecule has 0 aliphatic heterocycles. The molecule has 0 saturated carbocycles. The van der Waals surface area contributed by atoms with Gasteiger partial charge in [0.15, 0.2) is 11.5 Å². The maximum atomic E-state index is 11.9. The number of allylic oxidation sites excluding steroid dienone is 2. The van der Waals surface area contributed by atoms with Crippen LogP contribution in [0.15, 0.2) is 32.3 Å². The highest BCUT2D eigenvalue weighted by Gasteiger charge is 2.29. The topological polar surface area (TPSA) is 88.0 Å². The predicted molar refractivity (Wildman–Crippen MR) is 68.0 cm³/mol. The van der Waals surface area contributed by atoms with Crippen molar-refractivity contribution in [3.8, 4) is 0 Å². The number of aromatic nitrogens is 1. The molecule has 102 valence electrons. The Labute approximate surface area is 111 Å². The van der Waals surface area contributed by atoms with Crippen LogP contribution in [0.5, 0.6) is 0 Å². The predicted octanol–water partition coefficient (Wildman–Crippen LogP) is 3.47. The van der Waals surface area contributed by atoms with Crippen LogP contribution < -0.4 is 0 Å². The van der Waals surface area contributed by atoms with Crippen LogP contribution in [0.1, 0.15) is 32.4 Å². The molecule has 1 atom stereocenters. The molecule has 0 fully saturated rings. The fourth-order valence-corrected chi connectivity index (χ4v) is 2.00. The molecule has 2 rings (SSSR count). The van der Waals surface area contributed by atoms with Gasteiger partial charge in [-0.25, -0.2) is 0 Å². The largest absolute Gasteiger partial charge is 0.510 e. The SMILES string of the molecule is Cc1cc(N=NC2=C(O)CC(C(C)C)CC2=O)no1. The Hall–Kier alpha value is -1.98. The lowest BCUT2D eigenvalue weighted by Crippen LogP contribution is -2.22. The summed E-state index contributed by atoms with van der Waals surface area (Å²) in [7, 11) is 0. The van der Waals surface area contributed by atoms with E-state index < -0.39 is 0 Å². The van der Waals surface area contributed by atoms with E-state index in [1.807, 2.05) is 13.8 Å². The lowest BCUT2D eigenvalue weighted by Gasteiger charge is -2.24. The Morgan fingerprint density at radius 1 is 1.42 bits per heavy atom. The Morgan fingerprint density at radius 3 is 2.68 bits per heavy atom. The minimum atomic E-state index is -0.175. The quantitative estimate of drug-likeness (QED) is 0.845. The van der Waals surface area contributed by atoms with Gasteiger partial charge in [-0.2, -0.15) is 0 Å². The first kappa shape index (κ1) is 13.5. The Bertz CT molecular complexity index is 543. The zero-order valence-corrected chi connectivity index (χ0v) is 11.3. The summed E-state index contributed by atoms with van der Waals surface area (Å²) in [5.74, 6) is 1.26. The number of azo groups is 1. The zero-order chi connectivity index (χ0) is 14.0. The van der Waals surface area contributed by atoms with Crippen LogP contribution in [0.3, 0.4) is 0 Å². The van der Waals surface area contributed by atoms with Crippen molar-refractivity contribution < 1.29 is 14.4 Å². The summed E-state index contributed by atoms with van der Waals surface area (Å²) in [6, 6.07) is 1.60. The Kier molecular flexibility index (Phi) is 3.78. The van der Waals surface area contributed by atoms with Gasteiger partial charge in [-0.15, -0.1) is 10.2 Å². The lowest BCUT2D eigenvalue weighted by molar-refractivity contribution is -0.117. The van der Waals surface area contributed by atoms with E-state index in [-0.39, 0.29) is 29.0 Å². The number of aliphatic hydroxyl groups excluding tert-OH is 1. The van der Waals surface area contributed by atoms with Crippen molar-refractivity contribution in [3.63, 3.8) is 0 Å². The molecule has 6 heteroatoms. The summed E-state index contributed by atoms with van der Waals surface area (Å²) in [5.41, 5.74) is 0.0394. The third kappa shape index (κ3) is 3.07. The van der Waals surface area contributed by atoms with E-state index in [0.29, 0.717) is 24.5 Å². The van der Waals surface area contributed by atoms with E-state index in [1.54, 1.807) is 13.0 Å². The maximum Gasteiger partial charge on any atom is 0.216 e. The molecule has 0 spiro atoms. The minimum Gasteiger partial charge on any atom is -0.510 e. The van der Waals surface area contributed by atoms with Gasteiger partial charge in [0.05, 0.1) is 0 Å². The van der Waals surface area contributed by atoms with Crippen LogP contribution in [0.2, 0.25) is 0 Å². The molecule has 1 heterocycles. The van der Waals surface area contributed by atoms with Crippen molar-refractivity contribution in [2.24, 2.45) is 22.1 Å². The van der Waals surface area contributed by atoms with E-state index in [9.17, 15) is 9.90 Å². The number of carbonyl (C=O) groups excluding carboxylic acids is 1. The molecule has 0 bridgehead atoms. The van der Waals surface area contributed by atoms with E-state index in [1.165, 1.54) is 0 Å². The second-order valence-corrected chi connectivity index (χ2v) is 5.13. The van der Waals surface area contributed by atoms with Crippen LogP contribution in [-0.4, -0.2) is 16.0 Å². The van der Waals surface area contributed by atoms with Crippen molar-refractivity contribution in [3.05, 3.63) is 23.3 Å². The monoisotopic (exact) mass is 263 g/mol. The summed E-state index contributed by atoms with van der Waals surface area (Å²) in [6.45, 7) is 5.81. The van der Waals surface area contributed by atoms with Gasteiger partial charge in [0, 0.05) is 18.9 Å². The van der Waals surface area contributed by atoms with E-state index in [0.717, 1.165) is 0 Å². The molecule has 19 heavy (non-hydrogen) atoms. The van der Waals surface area contributed by atoms with Crippen molar-refractivity contribution in [1.29, 1.82) is 0 Å². The molecular formula is C13H17N3O3. The molecule has 0 amide bonds. The minimum absolute atomic E-state index is 0.0129. The first-order valence-corrected chi connectivity index (χ1v) is 6.27. The summed E-state index contributed by atoms with van der Waals surface area (Å²) < 4.78 is 4.84. The van der Waals surface area contributed by atoms with Gasteiger partial charge in [-0.1, -0.05) is 19.0 Å². The third-order valence-corrected chi connectivity index (χ3v) is 3.25. The number of aryl methyl sites for hydroxylation is 1. The standard InChI is InChI=1S/C13H17N3O3/c1-7(2)9-5-10(17)13(11(18)6-9)15-14-12-4-8(3)19-16-12/h4,7,9,17H,5-6H2,1-3H3. The smallest absolute Gasteiger partial charge is 0.216 e. The Morgan fingerprint density at radius 2 is 2.16 bits per heavy atom. The first-order valence-electron chi connectivity index (χ1n) is 6.27. The number of carbonyl (C=O) groups is 1. The second kappa shape index (κ2) is 5.34. The molecule has 1 aliphatic carbocycles. The number of hydrogen-bond acceptors (Lipinski definition) is 6. The van der Waals surface area contributed by atoms with Crippen LogP contribution >= 0.6 is 0 Å². The molecule has 1 aromatic heterocycles. The number of hydrogen-bond donors (Lipinski definition) is 1. The number of rotatable bonds is 3. The van der Waals surface area contributed by atoms with Gasteiger partial charge in [-0.3, -0.25) is 4.79 Å². The lowest BCUT2D eigenvalue weighted by atomic mass is 9.82. The molecule has 1 unspecified atom stereocenters. The van der Waals surface area contributed by atoms with Gasteiger partial charge < -0.3 is 9.63 Å². The van der Waals surface area contributed by atoms with E-state index >= 15 is 0 Å². The van der Waals surface area contributed by atoms with Crippen molar-refractivity contribution in [2.75, 3.05) is 0 Å². The summed E-state index contributed by atoms with van der Waals surface area (Å²) >= 11 is 0. The van der Waals surface area contributed by atoms with Gasteiger partial charge in [-0.05, 0) is 18.8 Å². The van der Waals surface area contributed by atoms with Crippen LogP contribution in [-0.2, 0) is 4.79 Å². The number of aliphatic hydroxyl groups is 1. The fourth-order valence-electron chi connectivity index (χ4n) is 2.00. The van der Waals surface area contributed by atoms with Gasteiger partial charge in [0.2, 0.25) is 5.82 Å². The molecule has 1 N–H and O–H groups in total. The van der Waals surface area contributed by atoms with Gasteiger partial charge in [0.1, 0.15) is 11.5 Å². The van der Waals surface area contributed by atoms with Gasteiger partial charge in [0.25, 0.3) is 0 Å². The van der Waals surface area contributed by atoms with E-state index in [4.69, 9.17) is 4.52 Å². The molecule has 0 saturated heterocycles. The van der Waals surface area contributed by atoms with Crippen molar-refractivity contribution in [1.82, 2.24) is 5.16 Å². The zero-order valence-electron chi connectivity index (χ0n) is 11.3. The number of nitrogens with zero attached hydrogens (tertiary/aromatic N) is 3. The normalized spacial score (nSPS) is 20.8. The van der Waals surface area contributed by atoms with Gasteiger partial charge >= 0.3 is 0 Å². The fraction of sp³-hybridized carbons (Fsp3) is 0.538. The molecule has 6 nitrogen and oxygen atoms in total. The second-order valence-electron chi connectivity index (χ2n) is 5.13. The Balaban J connectivity index is 2.17. The van der Waals surface area contributed by atoms with Crippen molar-refractivity contribution >= 4 is 11.6 Å². The van der Waals surface area contributed by atoms with E-state index in [2.05, 4.69) is 15.4 Å². The summed E-state index contributed by atoms with van der Waals surface area (Å²) in [6.07, 6.45) is 0.865. The van der Waals surface area contributed by atoms with Crippen molar-refractivity contribution in [2.45, 2.75) is 33.6 Å². The highest BCUT2D eigenvalue weighted by molar-refractivity contribution is 5.96. The third-order valence-electron chi connectivity index (χ3n) is 3.25. The average Bonchev–Trinajstić information content (AvgIpc) is 2.73. The van der Waals surface area contributed by atoms with Crippen LogP contribution in [0.4, 0.5) is 5.82 Å².